The van der Waals surface area contributed by atoms with E-state index in [1.165, 1.54) is 12.1 Å². The van der Waals surface area contributed by atoms with Crippen LogP contribution in [0.5, 0.6) is 0 Å². The molecule has 0 aliphatic heterocycles. The Balaban J connectivity index is 2.29. The summed E-state index contributed by atoms with van der Waals surface area (Å²) in [6, 6.07) is 8.34. The molecule has 0 radical (unpaired) electrons. The van der Waals surface area contributed by atoms with Gasteiger partial charge in [0.25, 0.3) is 0 Å². The van der Waals surface area contributed by atoms with Crippen molar-refractivity contribution in [3.05, 3.63) is 60.2 Å². The lowest BCUT2D eigenvalue weighted by Crippen LogP contribution is -1.96. The van der Waals surface area contributed by atoms with Crippen LogP contribution in [0.1, 0.15) is 16.1 Å². The minimum atomic E-state index is -0.344. The molecule has 1 aromatic carbocycles. The largest absolute Gasteiger partial charge is 0.382 e. The Morgan fingerprint density at radius 1 is 1.29 bits per heavy atom. The number of anilines is 1. The number of aromatic nitrogens is 2. The molecule has 0 amide bonds. The molecule has 0 saturated heterocycles. The number of nitrogens with two attached hydrogens (primary N) is 1. The first-order valence-electron chi connectivity index (χ1n) is 6.29. The van der Waals surface area contributed by atoms with E-state index in [2.05, 4.69) is 11.6 Å². The van der Waals surface area contributed by atoms with Gasteiger partial charge in [-0.15, -0.1) is 0 Å². The highest BCUT2D eigenvalue weighted by Crippen LogP contribution is 2.27. The van der Waals surface area contributed by atoms with E-state index in [1.807, 2.05) is 0 Å². The molecule has 3 rings (SSSR count). The maximum absolute atomic E-state index is 13.8. The van der Waals surface area contributed by atoms with Crippen molar-refractivity contribution in [2.45, 2.75) is 0 Å². The molecule has 0 bridgehead atoms. The number of aldehydes is 1. The number of hydrogen-bond donors (Lipinski definition) is 1. The van der Waals surface area contributed by atoms with Crippen LogP contribution >= 0.6 is 0 Å². The molecule has 0 spiro atoms. The third kappa shape index (κ3) is 1.99. The Morgan fingerprint density at radius 3 is 2.81 bits per heavy atom. The van der Waals surface area contributed by atoms with Crippen molar-refractivity contribution < 1.29 is 9.18 Å². The molecule has 0 saturated carbocycles. The summed E-state index contributed by atoms with van der Waals surface area (Å²) >= 11 is 0. The molecule has 5 heteroatoms. The van der Waals surface area contributed by atoms with Gasteiger partial charge in [0.05, 0.1) is 0 Å². The summed E-state index contributed by atoms with van der Waals surface area (Å²) < 4.78 is 15.4. The van der Waals surface area contributed by atoms with Crippen molar-refractivity contribution >= 4 is 23.8 Å². The van der Waals surface area contributed by atoms with Crippen molar-refractivity contribution in [2.75, 3.05) is 5.73 Å². The summed E-state index contributed by atoms with van der Waals surface area (Å²) in [5.74, 6) is -0.173. The topological polar surface area (TPSA) is 60.4 Å². The van der Waals surface area contributed by atoms with Gasteiger partial charge in [0.15, 0.2) is 12.1 Å². The van der Waals surface area contributed by atoms with Gasteiger partial charge < -0.3 is 5.73 Å². The third-order valence-corrected chi connectivity index (χ3v) is 3.36. The predicted molar refractivity (Wildman–Crippen MR) is 80.5 cm³/mol. The van der Waals surface area contributed by atoms with E-state index in [4.69, 9.17) is 5.73 Å². The number of carbonyl (C=O) groups excluding carboxylic acids is 1. The van der Waals surface area contributed by atoms with E-state index in [-0.39, 0.29) is 17.3 Å². The standard InChI is InChI=1S/C16H12FN3O/c1-2-11-12(4-3-5-13(11)17)10-6-7-15-19-16(18)14(9-21)20(15)8-10/h2-9H,1,18H2. The predicted octanol–water partition coefficient (Wildman–Crippen LogP) is 3.18. The van der Waals surface area contributed by atoms with Crippen molar-refractivity contribution in [1.82, 2.24) is 9.38 Å². The number of fused-ring (bicyclic) bond motifs is 1. The number of nitrogens with zero attached hydrogens (tertiary/aromatic N) is 2. The summed E-state index contributed by atoms with van der Waals surface area (Å²) in [7, 11) is 0. The number of pyridine rings is 1. The lowest BCUT2D eigenvalue weighted by Gasteiger charge is -2.08. The van der Waals surface area contributed by atoms with E-state index in [1.54, 1.807) is 34.9 Å². The van der Waals surface area contributed by atoms with Crippen molar-refractivity contribution in [3.63, 3.8) is 0 Å². The third-order valence-electron chi connectivity index (χ3n) is 3.36. The van der Waals surface area contributed by atoms with Gasteiger partial charge in [-0.25, -0.2) is 9.37 Å². The van der Waals surface area contributed by atoms with Crippen molar-refractivity contribution in [1.29, 1.82) is 0 Å². The first kappa shape index (κ1) is 13.1. The van der Waals surface area contributed by atoms with Gasteiger partial charge in [0, 0.05) is 11.8 Å². The second kappa shape index (κ2) is 4.86. The van der Waals surface area contributed by atoms with Crippen LogP contribution in [0.4, 0.5) is 10.2 Å². The fourth-order valence-electron chi connectivity index (χ4n) is 2.35. The molecule has 0 aliphatic rings. The monoisotopic (exact) mass is 281 g/mol. The van der Waals surface area contributed by atoms with Crippen LogP contribution < -0.4 is 5.73 Å². The van der Waals surface area contributed by atoms with Gasteiger partial charge in [-0.05, 0) is 29.3 Å². The van der Waals surface area contributed by atoms with Crippen LogP contribution in [0.25, 0.3) is 22.9 Å². The molecule has 0 atom stereocenters. The lowest BCUT2D eigenvalue weighted by molar-refractivity contribution is 0.111. The van der Waals surface area contributed by atoms with Gasteiger partial charge in [-0.3, -0.25) is 9.20 Å². The van der Waals surface area contributed by atoms with Crippen LogP contribution in [0, 0.1) is 5.82 Å². The summed E-state index contributed by atoms with van der Waals surface area (Å²) in [6.45, 7) is 3.64. The van der Waals surface area contributed by atoms with Crippen LogP contribution in [-0.4, -0.2) is 15.7 Å². The number of benzene rings is 1. The average Bonchev–Trinajstić information content (AvgIpc) is 2.81. The summed E-state index contributed by atoms with van der Waals surface area (Å²) in [5.41, 5.74) is 8.39. The molecule has 2 heterocycles. The molecule has 3 aromatic rings. The van der Waals surface area contributed by atoms with E-state index < -0.39 is 0 Å². The van der Waals surface area contributed by atoms with Crippen LogP contribution in [0.15, 0.2) is 43.1 Å². The van der Waals surface area contributed by atoms with Crippen LogP contribution in [0.3, 0.4) is 0 Å². The van der Waals surface area contributed by atoms with Gasteiger partial charge in [-0.2, -0.15) is 0 Å². The highest BCUT2D eigenvalue weighted by molar-refractivity contribution is 5.83. The lowest BCUT2D eigenvalue weighted by atomic mass is 10.0. The maximum atomic E-state index is 13.8. The van der Waals surface area contributed by atoms with E-state index in [0.29, 0.717) is 23.1 Å². The molecule has 0 fully saturated rings. The fraction of sp³-hybridized carbons (Fsp3) is 0. The Kier molecular flexibility index (Phi) is 3.02. The van der Waals surface area contributed by atoms with Gasteiger partial charge in [0.2, 0.25) is 0 Å². The normalized spacial score (nSPS) is 10.7. The summed E-state index contributed by atoms with van der Waals surface area (Å²) in [5, 5.41) is 0. The summed E-state index contributed by atoms with van der Waals surface area (Å²) in [4.78, 5) is 15.2. The number of halogens is 1. The zero-order chi connectivity index (χ0) is 15.0. The highest BCUT2D eigenvalue weighted by Gasteiger charge is 2.12. The molecular weight excluding hydrogens is 269 g/mol. The first-order valence-corrected chi connectivity index (χ1v) is 6.29. The second-order valence-electron chi connectivity index (χ2n) is 4.55. The Morgan fingerprint density at radius 2 is 2.10 bits per heavy atom. The van der Waals surface area contributed by atoms with Crippen LogP contribution in [-0.2, 0) is 0 Å². The molecule has 104 valence electrons. The molecule has 4 nitrogen and oxygen atoms in total. The minimum absolute atomic E-state index is 0.172. The summed E-state index contributed by atoms with van der Waals surface area (Å²) in [6.07, 6.45) is 3.83. The average molecular weight is 281 g/mol. The van der Waals surface area contributed by atoms with E-state index >= 15 is 0 Å². The molecule has 0 aliphatic carbocycles. The number of rotatable bonds is 3. The molecule has 2 aromatic heterocycles. The zero-order valence-corrected chi connectivity index (χ0v) is 11.1. The fourth-order valence-corrected chi connectivity index (χ4v) is 2.35. The van der Waals surface area contributed by atoms with Gasteiger partial charge in [0.1, 0.15) is 17.2 Å². The number of carbonyl (C=O) groups is 1. The number of nitrogen functional groups attached to an aromatic ring is 1. The molecule has 0 unspecified atom stereocenters. The van der Waals surface area contributed by atoms with Crippen molar-refractivity contribution in [2.24, 2.45) is 0 Å². The first-order chi connectivity index (χ1) is 10.2. The highest BCUT2D eigenvalue weighted by atomic mass is 19.1. The number of hydrogen-bond acceptors (Lipinski definition) is 3. The smallest absolute Gasteiger partial charge is 0.170 e. The van der Waals surface area contributed by atoms with Gasteiger partial charge >= 0.3 is 0 Å². The van der Waals surface area contributed by atoms with E-state index in [9.17, 15) is 9.18 Å². The molecule has 21 heavy (non-hydrogen) atoms. The Hall–Kier alpha value is -2.95. The zero-order valence-electron chi connectivity index (χ0n) is 11.1. The Labute approximate surface area is 120 Å². The molecular formula is C16H12FN3O. The van der Waals surface area contributed by atoms with Gasteiger partial charge in [-0.1, -0.05) is 24.8 Å². The maximum Gasteiger partial charge on any atom is 0.170 e. The minimum Gasteiger partial charge on any atom is -0.382 e. The Bertz CT molecular complexity index is 867. The van der Waals surface area contributed by atoms with Crippen LogP contribution in [0.2, 0.25) is 0 Å². The quantitative estimate of drug-likeness (QED) is 0.750. The van der Waals surface area contributed by atoms with Crippen molar-refractivity contribution in [3.8, 4) is 11.1 Å². The van der Waals surface area contributed by atoms with E-state index in [0.717, 1.165) is 5.56 Å². The molecule has 2 N–H and O–H groups in total. The number of imidazole rings is 1. The second-order valence-corrected chi connectivity index (χ2v) is 4.55. The SMILES string of the molecule is C=Cc1c(F)cccc1-c1ccc2nc(N)c(C=O)n2c1.